The van der Waals surface area contributed by atoms with E-state index in [1.165, 1.54) is 17.0 Å². The summed E-state index contributed by atoms with van der Waals surface area (Å²) < 4.78 is 32.7. The van der Waals surface area contributed by atoms with Crippen LogP contribution >= 0.6 is 0 Å². The van der Waals surface area contributed by atoms with Crippen LogP contribution in [0.25, 0.3) is 0 Å². The van der Waals surface area contributed by atoms with E-state index in [-0.39, 0.29) is 24.7 Å². The molecule has 0 radical (unpaired) electrons. The fraction of sp³-hybridized carbons (Fsp3) is 0.261. The van der Waals surface area contributed by atoms with Gasteiger partial charge in [-0.15, -0.1) is 0 Å². The summed E-state index contributed by atoms with van der Waals surface area (Å²) in [4.78, 5) is 31.4. The number of fused-ring (bicyclic) bond motifs is 1. The van der Waals surface area contributed by atoms with Gasteiger partial charge in [0.2, 0.25) is 5.91 Å². The fourth-order valence-corrected chi connectivity index (χ4v) is 3.69. The van der Waals surface area contributed by atoms with E-state index in [2.05, 4.69) is 10.3 Å². The Morgan fingerprint density at radius 1 is 1.13 bits per heavy atom. The predicted molar refractivity (Wildman–Crippen MR) is 109 cm³/mol. The summed E-state index contributed by atoms with van der Waals surface area (Å²) in [5.41, 5.74) is 0.185. The minimum Gasteiger partial charge on any atom is -0.465 e. The van der Waals surface area contributed by atoms with Gasteiger partial charge in [0.1, 0.15) is 34.7 Å². The first kappa shape index (κ1) is 20.7. The van der Waals surface area contributed by atoms with Crippen LogP contribution in [-0.2, 0) is 23.3 Å². The molecule has 0 saturated carbocycles. The maximum Gasteiger partial charge on any atom is 0.270 e. The summed E-state index contributed by atoms with van der Waals surface area (Å²) in [6.45, 7) is 5.45. The number of carbonyl (C=O) groups excluding carboxylic acids is 2. The Morgan fingerprint density at radius 3 is 2.48 bits per heavy atom. The van der Waals surface area contributed by atoms with Crippen molar-refractivity contribution in [2.24, 2.45) is 0 Å². The number of furan rings is 1. The first-order valence-corrected chi connectivity index (χ1v) is 9.77. The molecule has 0 bridgehead atoms. The van der Waals surface area contributed by atoms with Crippen LogP contribution in [-0.4, -0.2) is 16.8 Å². The average molecular weight is 425 g/mol. The van der Waals surface area contributed by atoms with Crippen LogP contribution in [0.3, 0.4) is 0 Å². The van der Waals surface area contributed by atoms with E-state index in [9.17, 15) is 18.4 Å². The number of nitrogens with zero attached hydrogens (tertiary/aromatic N) is 2. The van der Waals surface area contributed by atoms with Crippen LogP contribution in [0.2, 0.25) is 0 Å². The lowest BCUT2D eigenvalue weighted by atomic mass is 9.87. The molecule has 1 aliphatic heterocycles. The van der Waals surface area contributed by atoms with Gasteiger partial charge in [-0.2, -0.15) is 0 Å². The number of amides is 2. The summed E-state index contributed by atoms with van der Waals surface area (Å²) in [5.74, 6) is -0.482. The quantitative estimate of drug-likeness (QED) is 0.670. The highest BCUT2D eigenvalue weighted by molar-refractivity contribution is 6.07. The lowest BCUT2D eigenvalue weighted by molar-refractivity contribution is -0.122. The number of carbonyl (C=O) groups is 2. The van der Waals surface area contributed by atoms with Crippen molar-refractivity contribution in [1.29, 1.82) is 0 Å². The maximum atomic E-state index is 13.6. The third-order valence-corrected chi connectivity index (χ3v) is 5.30. The number of halogens is 2. The minimum atomic E-state index is -0.880. The van der Waals surface area contributed by atoms with Gasteiger partial charge in [0, 0.05) is 11.6 Å². The zero-order valence-electron chi connectivity index (χ0n) is 17.3. The molecule has 3 aromatic rings. The van der Waals surface area contributed by atoms with Crippen LogP contribution < -0.4 is 10.2 Å². The molecule has 3 heterocycles. The van der Waals surface area contributed by atoms with Gasteiger partial charge in [-0.1, -0.05) is 6.07 Å². The monoisotopic (exact) mass is 425 g/mol. The SMILES string of the molecule is Cc1ccc(CNC(=O)c2ccc3c(n2)N(Cc2cc(F)cc(F)c2)C(=O)C3(C)C)o1. The van der Waals surface area contributed by atoms with Crippen LogP contribution in [0.1, 0.15) is 47.0 Å². The summed E-state index contributed by atoms with van der Waals surface area (Å²) in [6.07, 6.45) is 0. The van der Waals surface area contributed by atoms with E-state index in [1.807, 2.05) is 6.92 Å². The molecule has 8 heteroatoms. The highest BCUT2D eigenvalue weighted by Crippen LogP contribution is 2.41. The molecule has 0 spiro atoms. The topological polar surface area (TPSA) is 75.4 Å². The van der Waals surface area contributed by atoms with Gasteiger partial charge >= 0.3 is 0 Å². The number of anilines is 1. The molecule has 31 heavy (non-hydrogen) atoms. The molecular formula is C23H21F2N3O3. The second kappa shape index (κ2) is 7.61. The molecule has 2 aromatic heterocycles. The Balaban J connectivity index is 1.62. The number of benzene rings is 1. The van der Waals surface area contributed by atoms with Gasteiger partial charge in [0.15, 0.2) is 0 Å². The number of hydrogen-bond donors (Lipinski definition) is 1. The van der Waals surface area contributed by atoms with Gasteiger partial charge in [0.25, 0.3) is 5.91 Å². The Labute approximate surface area is 177 Å². The van der Waals surface area contributed by atoms with Crippen molar-refractivity contribution >= 4 is 17.6 Å². The Bertz CT molecular complexity index is 1170. The minimum absolute atomic E-state index is 0.0618. The Morgan fingerprint density at radius 2 is 1.84 bits per heavy atom. The van der Waals surface area contributed by atoms with Crippen molar-refractivity contribution in [2.75, 3.05) is 4.90 Å². The number of pyridine rings is 1. The summed E-state index contributed by atoms with van der Waals surface area (Å²) in [7, 11) is 0. The molecule has 1 aliphatic rings. The van der Waals surface area contributed by atoms with Gasteiger partial charge in [0.05, 0.1) is 18.5 Å². The van der Waals surface area contributed by atoms with E-state index in [0.29, 0.717) is 22.7 Å². The summed E-state index contributed by atoms with van der Waals surface area (Å²) in [6, 6.07) is 9.93. The van der Waals surface area contributed by atoms with E-state index >= 15 is 0 Å². The summed E-state index contributed by atoms with van der Waals surface area (Å²) in [5, 5.41) is 2.73. The lowest BCUT2D eigenvalue weighted by Crippen LogP contribution is -2.36. The molecule has 0 aliphatic carbocycles. The van der Waals surface area contributed by atoms with E-state index < -0.39 is 23.0 Å². The first-order valence-electron chi connectivity index (χ1n) is 9.77. The van der Waals surface area contributed by atoms with Crippen molar-refractivity contribution in [3.8, 4) is 0 Å². The zero-order valence-corrected chi connectivity index (χ0v) is 17.3. The Kier molecular flexibility index (Phi) is 5.08. The normalized spacial score (nSPS) is 14.6. The predicted octanol–water partition coefficient (Wildman–Crippen LogP) is 4.02. The number of rotatable bonds is 5. The van der Waals surface area contributed by atoms with E-state index in [0.717, 1.165) is 11.8 Å². The van der Waals surface area contributed by atoms with Crippen LogP contribution in [0.5, 0.6) is 0 Å². The van der Waals surface area contributed by atoms with Crippen molar-refractivity contribution in [2.45, 2.75) is 39.3 Å². The van der Waals surface area contributed by atoms with Crippen molar-refractivity contribution < 1.29 is 22.8 Å². The number of aryl methyl sites for hydroxylation is 1. The fourth-order valence-electron chi connectivity index (χ4n) is 3.69. The molecule has 0 fully saturated rings. The molecule has 0 saturated heterocycles. The third kappa shape index (κ3) is 3.93. The van der Waals surface area contributed by atoms with Gasteiger partial charge in [-0.25, -0.2) is 13.8 Å². The van der Waals surface area contributed by atoms with Gasteiger partial charge in [-0.05, 0) is 56.7 Å². The van der Waals surface area contributed by atoms with Gasteiger partial charge < -0.3 is 9.73 Å². The van der Waals surface area contributed by atoms with Crippen LogP contribution in [0.15, 0.2) is 46.9 Å². The van der Waals surface area contributed by atoms with E-state index in [4.69, 9.17) is 4.42 Å². The molecule has 1 aromatic carbocycles. The smallest absolute Gasteiger partial charge is 0.270 e. The second-order valence-corrected chi connectivity index (χ2v) is 8.06. The third-order valence-electron chi connectivity index (χ3n) is 5.30. The highest BCUT2D eigenvalue weighted by Gasteiger charge is 2.45. The van der Waals surface area contributed by atoms with E-state index in [1.54, 1.807) is 38.1 Å². The Hall–Kier alpha value is -3.55. The number of nitrogens with one attached hydrogen (secondary N) is 1. The number of hydrogen-bond acceptors (Lipinski definition) is 4. The molecule has 2 amide bonds. The molecule has 160 valence electrons. The van der Waals surface area contributed by atoms with Crippen molar-refractivity contribution in [1.82, 2.24) is 10.3 Å². The highest BCUT2D eigenvalue weighted by atomic mass is 19.1. The molecular weight excluding hydrogens is 404 g/mol. The molecule has 0 unspecified atom stereocenters. The first-order chi connectivity index (χ1) is 14.6. The zero-order chi connectivity index (χ0) is 22.3. The van der Waals surface area contributed by atoms with Crippen LogP contribution in [0, 0.1) is 18.6 Å². The second-order valence-electron chi connectivity index (χ2n) is 8.06. The molecule has 6 nitrogen and oxygen atoms in total. The maximum absolute atomic E-state index is 13.6. The van der Waals surface area contributed by atoms with Crippen molar-refractivity contribution in [3.05, 3.63) is 82.4 Å². The van der Waals surface area contributed by atoms with Crippen LogP contribution in [0.4, 0.5) is 14.6 Å². The standard InChI is InChI=1S/C23H21F2N3O3/c1-13-4-5-17(31-13)11-26-21(29)19-7-6-18-20(27-19)28(22(30)23(18,2)3)12-14-8-15(24)10-16(25)9-14/h4-10H,11-12H2,1-3H3,(H,26,29). The largest absolute Gasteiger partial charge is 0.465 e. The number of aromatic nitrogens is 1. The van der Waals surface area contributed by atoms with Gasteiger partial charge in [-0.3, -0.25) is 14.5 Å². The lowest BCUT2D eigenvalue weighted by Gasteiger charge is -2.20. The average Bonchev–Trinajstić information content (AvgIpc) is 3.20. The molecule has 1 N–H and O–H groups in total. The molecule has 0 atom stereocenters. The molecule has 4 rings (SSSR count). The summed E-state index contributed by atoms with van der Waals surface area (Å²) >= 11 is 0. The van der Waals surface area contributed by atoms with Crippen molar-refractivity contribution in [3.63, 3.8) is 0 Å².